The molecule has 0 unspecified atom stereocenters. The van der Waals surface area contributed by atoms with E-state index >= 15 is 0 Å². The lowest BCUT2D eigenvalue weighted by Crippen LogP contribution is -2.62. The highest BCUT2D eigenvalue weighted by Gasteiger charge is 2.36. The quantitative estimate of drug-likeness (QED) is 0.817. The molecule has 0 aliphatic carbocycles. The summed E-state index contributed by atoms with van der Waals surface area (Å²) in [5.74, 6) is -0.0289. The van der Waals surface area contributed by atoms with E-state index in [9.17, 15) is 4.79 Å². The molecule has 2 fully saturated rings. The summed E-state index contributed by atoms with van der Waals surface area (Å²) >= 11 is 0. The number of hydrogen-bond acceptors (Lipinski definition) is 5. The van der Waals surface area contributed by atoms with Crippen molar-refractivity contribution in [3.05, 3.63) is 47.8 Å². The third-order valence-electron chi connectivity index (χ3n) is 4.66. The van der Waals surface area contributed by atoms with Crippen LogP contribution in [0.3, 0.4) is 0 Å². The molecule has 4 rings (SSSR count). The number of amides is 1. The fourth-order valence-electron chi connectivity index (χ4n) is 3.20. The Morgan fingerprint density at radius 1 is 1.17 bits per heavy atom. The van der Waals surface area contributed by atoms with Crippen molar-refractivity contribution in [1.29, 1.82) is 0 Å². The molecule has 24 heavy (non-hydrogen) atoms. The molecule has 0 spiro atoms. The summed E-state index contributed by atoms with van der Waals surface area (Å²) in [4.78, 5) is 16.7. The number of rotatable bonds is 4. The molecular weight excluding hydrogens is 306 g/mol. The van der Waals surface area contributed by atoms with E-state index in [2.05, 4.69) is 15.2 Å². The molecule has 0 radical (unpaired) electrons. The summed E-state index contributed by atoms with van der Waals surface area (Å²) in [5, 5.41) is 8.12. The average Bonchev–Trinajstić information content (AvgIpc) is 3.04. The molecule has 126 valence electrons. The second-order valence-corrected chi connectivity index (χ2v) is 6.30. The first-order valence-corrected chi connectivity index (χ1v) is 8.35. The number of carbonyl (C=O) groups excluding carboxylic acids is 1. The van der Waals surface area contributed by atoms with Gasteiger partial charge in [-0.2, -0.15) is 0 Å². The maximum Gasteiger partial charge on any atom is 0.276 e. The maximum absolute atomic E-state index is 12.5. The van der Waals surface area contributed by atoms with Gasteiger partial charge in [-0.1, -0.05) is 35.5 Å². The Bertz CT molecular complexity index is 690. The number of aromatic nitrogens is 3. The zero-order chi connectivity index (χ0) is 16.4. The van der Waals surface area contributed by atoms with Gasteiger partial charge in [0.05, 0.1) is 26.0 Å². The van der Waals surface area contributed by atoms with Crippen LogP contribution in [0, 0.1) is 0 Å². The van der Waals surface area contributed by atoms with Crippen LogP contribution < -0.4 is 0 Å². The number of carbonyl (C=O) groups is 1. The van der Waals surface area contributed by atoms with E-state index in [4.69, 9.17) is 4.74 Å². The topological polar surface area (TPSA) is 63.5 Å². The van der Waals surface area contributed by atoms with Gasteiger partial charge in [-0.15, -0.1) is 5.10 Å². The zero-order valence-corrected chi connectivity index (χ0v) is 13.5. The molecule has 3 heterocycles. The number of nitrogens with zero attached hydrogens (tertiary/aromatic N) is 5. The van der Waals surface area contributed by atoms with Crippen LogP contribution in [0.25, 0.3) is 0 Å². The van der Waals surface area contributed by atoms with Gasteiger partial charge in [-0.25, -0.2) is 4.68 Å². The molecule has 0 N–H and O–H groups in total. The van der Waals surface area contributed by atoms with Gasteiger partial charge in [-0.05, 0) is 5.56 Å². The van der Waals surface area contributed by atoms with E-state index in [0.717, 1.165) is 45.0 Å². The van der Waals surface area contributed by atoms with Gasteiger partial charge >= 0.3 is 0 Å². The number of morpholine rings is 1. The van der Waals surface area contributed by atoms with Crippen molar-refractivity contribution >= 4 is 5.91 Å². The van der Waals surface area contributed by atoms with Crippen LogP contribution in [0.15, 0.2) is 36.5 Å². The van der Waals surface area contributed by atoms with Crippen LogP contribution in [0.2, 0.25) is 0 Å². The zero-order valence-electron chi connectivity index (χ0n) is 13.5. The maximum atomic E-state index is 12.5. The molecule has 2 saturated heterocycles. The Kier molecular flexibility index (Phi) is 4.27. The average molecular weight is 327 g/mol. The Balaban J connectivity index is 1.33. The van der Waals surface area contributed by atoms with Crippen molar-refractivity contribution in [3.8, 4) is 0 Å². The minimum atomic E-state index is -0.0289. The number of benzene rings is 1. The van der Waals surface area contributed by atoms with Crippen molar-refractivity contribution in [1.82, 2.24) is 24.8 Å². The summed E-state index contributed by atoms with van der Waals surface area (Å²) < 4.78 is 7.08. The lowest BCUT2D eigenvalue weighted by molar-refractivity contribution is -0.0257. The standard InChI is InChI=1S/C17H21N5O2/c23-17(21-11-15(12-21)20-6-8-24-9-7-20)16-13-22(19-18-16)10-14-4-2-1-3-5-14/h1-5,13,15H,6-12H2. The minimum Gasteiger partial charge on any atom is -0.379 e. The molecule has 2 aromatic rings. The summed E-state index contributed by atoms with van der Waals surface area (Å²) in [6.07, 6.45) is 1.73. The molecule has 0 saturated carbocycles. The van der Waals surface area contributed by atoms with Crippen LogP contribution in [0.5, 0.6) is 0 Å². The van der Waals surface area contributed by atoms with Gasteiger partial charge in [0, 0.05) is 32.2 Å². The third-order valence-corrected chi connectivity index (χ3v) is 4.66. The van der Waals surface area contributed by atoms with Crippen molar-refractivity contribution in [2.45, 2.75) is 12.6 Å². The van der Waals surface area contributed by atoms with E-state index in [-0.39, 0.29) is 5.91 Å². The first-order chi connectivity index (χ1) is 11.8. The Morgan fingerprint density at radius 3 is 2.67 bits per heavy atom. The molecule has 1 aromatic carbocycles. The summed E-state index contributed by atoms with van der Waals surface area (Å²) in [6.45, 7) is 5.66. The second-order valence-electron chi connectivity index (χ2n) is 6.30. The largest absolute Gasteiger partial charge is 0.379 e. The van der Waals surface area contributed by atoms with E-state index in [0.29, 0.717) is 18.3 Å². The van der Waals surface area contributed by atoms with Crippen molar-refractivity contribution in [3.63, 3.8) is 0 Å². The van der Waals surface area contributed by atoms with E-state index < -0.39 is 0 Å². The summed E-state index contributed by atoms with van der Waals surface area (Å²) in [7, 11) is 0. The van der Waals surface area contributed by atoms with Crippen molar-refractivity contribution in [2.24, 2.45) is 0 Å². The number of ether oxygens (including phenoxy) is 1. The molecule has 7 heteroatoms. The van der Waals surface area contributed by atoms with Crippen LogP contribution >= 0.6 is 0 Å². The Hall–Kier alpha value is -2.25. The Labute approximate surface area is 140 Å². The predicted molar refractivity (Wildman–Crippen MR) is 87.6 cm³/mol. The molecular formula is C17H21N5O2. The molecule has 1 aromatic heterocycles. The monoisotopic (exact) mass is 327 g/mol. The van der Waals surface area contributed by atoms with Crippen LogP contribution in [0.4, 0.5) is 0 Å². The van der Waals surface area contributed by atoms with E-state index in [1.807, 2.05) is 35.2 Å². The number of likely N-dealkylation sites (tertiary alicyclic amines) is 1. The Morgan fingerprint density at radius 2 is 1.92 bits per heavy atom. The first-order valence-electron chi connectivity index (χ1n) is 8.35. The van der Waals surface area contributed by atoms with Gasteiger partial charge < -0.3 is 9.64 Å². The normalized spacial score (nSPS) is 19.2. The minimum absolute atomic E-state index is 0.0289. The second kappa shape index (κ2) is 6.70. The van der Waals surface area contributed by atoms with Gasteiger partial charge in [0.2, 0.25) is 0 Å². The lowest BCUT2D eigenvalue weighted by atomic mass is 10.1. The van der Waals surface area contributed by atoms with Crippen LogP contribution in [-0.2, 0) is 11.3 Å². The smallest absolute Gasteiger partial charge is 0.276 e. The fourth-order valence-corrected chi connectivity index (χ4v) is 3.20. The van der Waals surface area contributed by atoms with Crippen molar-refractivity contribution < 1.29 is 9.53 Å². The SMILES string of the molecule is O=C(c1cn(Cc2ccccc2)nn1)N1CC(N2CCOCC2)C1. The highest BCUT2D eigenvalue weighted by atomic mass is 16.5. The molecule has 2 aliphatic rings. The van der Waals surface area contributed by atoms with Gasteiger partial charge in [0.25, 0.3) is 5.91 Å². The van der Waals surface area contributed by atoms with Gasteiger partial charge in [0.1, 0.15) is 0 Å². The number of hydrogen-bond donors (Lipinski definition) is 0. The highest BCUT2D eigenvalue weighted by Crippen LogP contribution is 2.18. The molecule has 2 aliphatic heterocycles. The lowest BCUT2D eigenvalue weighted by Gasteiger charge is -2.46. The predicted octanol–water partition coefficient (Wildman–Crippen LogP) is 0.483. The first kappa shape index (κ1) is 15.3. The molecule has 1 amide bonds. The van der Waals surface area contributed by atoms with Gasteiger partial charge in [0.15, 0.2) is 5.69 Å². The fraction of sp³-hybridized carbons (Fsp3) is 0.471. The van der Waals surface area contributed by atoms with Crippen molar-refractivity contribution in [2.75, 3.05) is 39.4 Å². The molecule has 7 nitrogen and oxygen atoms in total. The molecule has 0 atom stereocenters. The third kappa shape index (κ3) is 3.18. The van der Waals surface area contributed by atoms with E-state index in [1.54, 1.807) is 10.9 Å². The van der Waals surface area contributed by atoms with Crippen LogP contribution in [-0.4, -0.2) is 76.1 Å². The van der Waals surface area contributed by atoms with Crippen LogP contribution in [0.1, 0.15) is 16.1 Å². The van der Waals surface area contributed by atoms with E-state index in [1.165, 1.54) is 0 Å². The summed E-state index contributed by atoms with van der Waals surface area (Å²) in [6, 6.07) is 10.5. The highest BCUT2D eigenvalue weighted by molar-refractivity contribution is 5.92. The molecule has 0 bridgehead atoms. The summed E-state index contributed by atoms with van der Waals surface area (Å²) in [5.41, 5.74) is 1.56. The van der Waals surface area contributed by atoms with Gasteiger partial charge in [-0.3, -0.25) is 9.69 Å².